The molecule has 1 rings (SSSR count). The highest BCUT2D eigenvalue weighted by Crippen LogP contribution is 2.07. The Kier molecular flexibility index (Phi) is 3.11. The van der Waals surface area contributed by atoms with Crippen LogP contribution in [-0.2, 0) is 0 Å². The van der Waals surface area contributed by atoms with Crippen LogP contribution in [0.1, 0.15) is 0 Å². The third-order valence-electron chi connectivity index (χ3n) is 2.44. The maximum Gasteiger partial charge on any atom is 0.199 e. The van der Waals surface area contributed by atoms with Crippen molar-refractivity contribution in [3.05, 3.63) is 30.3 Å². The van der Waals surface area contributed by atoms with Crippen molar-refractivity contribution in [3.8, 4) is 0 Å². The van der Waals surface area contributed by atoms with Crippen molar-refractivity contribution in [2.45, 2.75) is 13.1 Å². The van der Waals surface area contributed by atoms with Crippen LogP contribution in [0.15, 0.2) is 30.3 Å². The van der Waals surface area contributed by atoms with Crippen LogP contribution in [0.5, 0.6) is 0 Å². The molecule has 0 aromatic heterocycles. The topological polar surface area (TPSA) is 20.3 Å². The van der Waals surface area contributed by atoms with Gasteiger partial charge in [-0.25, -0.2) is 0 Å². The zero-order valence-corrected chi connectivity index (χ0v) is 10.2. The summed E-state index contributed by atoms with van der Waals surface area (Å²) in [4.78, 5) is 13.6. The zero-order chi connectivity index (χ0) is 10.8. The highest BCUT2D eigenvalue weighted by atomic mass is 28.3. The molecule has 0 N–H and O–H groups in total. The predicted molar refractivity (Wildman–Crippen MR) is 62.6 cm³/mol. The number of hydrogen-bond donors (Lipinski definition) is 0. The first-order chi connectivity index (χ1) is 6.46. The van der Waals surface area contributed by atoms with E-state index < -0.39 is 8.07 Å². The second kappa shape index (κ2) is 3.96. The van der Waals surface area contributed by atoms with Crippen molar-refractivity contribution in [3.63, 3.8) is 0 Å². The quantitative estimate of drug-likeness (QED) is 0.678. The van der Waals surface area contributed by atoms with E-state index in [4.69, 9.17) is 0 Å². The van der Waals surface area contributed by atoms with E-state index in [1.807, 2.05) is 44.4 Å². The summed E-state index contributed by atoms with van der Waals surface area (Å²) in [6, 6.07) is 10.1. The van der Waals surface area contributed by atoms with E-state index in [9.17, 15) is 4.79 Å². The maximum absolute atomic E-state index is 12.0. The smallest absolute Gasteiger partial charge is 0.199 e. The summed E-state index contributed by atoms with van der Waals surface area (Å²) >= 11 is 0. The van der Waals surface area contributed by atoms with Gasteiger partial charge in [0, 0.05) is 14.1 Å². The van der Waals surface area contributed by atoms with E-state index >= 15 is 0 Å². The molecule has 0 fully saturated rings. The van der Waals surface area contributed by atoms with Gasteiger partial charge in [0.2, 0.25) is 0 Å². The molecule has 76 valence electrons. The third kappa shape index (κ3) is 2.04. The maximum atomic E-state index is 12.0. The minimum atomic E-state index is -1.96. The summed E-state index contributed by atoms with van der Waals surface area (Å²) in [5.74, 6) is 0. The van der Waals surface area contributed by atoms with Crippen LogP contribution in [0.2, 0.25) is 13.1 Å². The van der Waals surface area contributed by atoms with E-state index in [0.717, 1.165) is 0 Å². The number of amides is 1. The molecule has 1 aromatic rings. The van der Waals surface area contributed by atoms with Gasteiger partial charge in [0.05, 0.1) is 0 Å². The standard InChI is InChI=1S/C11H17NOSi/c1-12(2)11(13)14(3,4)10-8-6-5-7-9-10/h5-9H,1-4H3. The number of nitrogens with zero attached hydrogens (tertiary/aromatic N) is 1. The Morgan fingerprint density at radius 2 is 1.64 bits per heavy atom. The largest absolute Gasteiger partial charge is 0.353 e. The molecule has 0 spiro atoms. The second-order valence-electron chi connectivity index (χ2n) is 4.19. The second-order valence-corrected chi connectivity index (χ2v) is 8.45. The first-order valence-corrected chi connectivity index (χ1v) is 7.73. The molecule has 0 bridgehead atoms. The fraction of sp³-hybridized carbons (Fsp3) is 0.364. The highest BCUT2D eigenvalue weighted by molar-refractivity contribution is 7.12. The van der Waals surface area contributed by atoms with Crippen molar-refractivity contribution in [2.24, 2.45) is 0 Å². The van der Waals surface area contributed by atoms with Crippen molar-refractivity contribution >= 4 is 18.8 Å². The van der Waals surface area contributed by atoms with Gasteiger partial charge in [-0.2, -0.15) is 0 Å². The summed E-state index contributed by atoms with van der Waals surface area (Å²) in [5.41, 5.74) is 0.267. The van der Waals surface area contributed by atoms with Crippen LogP contribution in [0.25, 0.3) is 0 Å². The molecule has 0 atom stereocenters. The Bertz CT molecular complexity index is 319. The van der Waals surface area contributed by atoms with Gasteiger partial charge in [-0.15, -0.1) is 0 Å². The van der Waals surface area contributed by atoms with Gasteiger partial charge in [-0.05, 0) is 5.19 Å². The van der Waals surface area contributed by atoms with Crippen molar-refractivity contribution in [2.75, 3.05) is 14.1 Å². The van der Waals surface area contributed by atoms with Crippen LogP contribution in [0.4, 0.5) is 4.79 Å². The molecule has 0 radical (unpaired) electrons. The van der Waals surface area contributed by atoms with E-state index in [2.05, 4.69) is 13.1 Å². The number of hydrogen-bond acceptors (Lipinski definition) is 1. The average molecular weight is 207 g/mol. The summed E-state index contributed by atoms with van der Waals surface area (Å²) < 4.78 is 0. The van der Waals surface area contributed by atoms with Gasteiger partial charge in [-0.1, -0.05) is 43.4 Å². The van der Waals surface area contributed by atoms with Gasteiger partial charge >= 0.3 is 0 Å². The molecule has 1 amide bonds. The molecule has 0 heterocycles. The van der Waals surface area contributed by atoms with E-state index in [1.54, 1.807) is 4.90 Å². The molecule has 0 unspecified atom stereocenters. The molecule has 14 heavy (non-hydrogen) atoms. The van der Waals surface area contributed by atoms with Crippen molar-refractivity contribution in [1.82, 2.24) is 4.90 Å². The van der Waals surface area contributed by atoms with Gasteiger partial charge in [0.1, 0.15) is 0 Å². The third-order valence-corrected chi connectivity index (χ3v) is 5.73. The van der Waals surface area contributed by atoms with Crippen LogP contribution in [0.3, 0.4) is 0 Å². The molecule has 0 aliphatic heterocycles. The Morgan fingerprint density at radius 1 is 1.14 bits per heavy atom. The Morgan fingerprint density at radius 3 is 2.07 bits per heavy atom. The van der Waals surface area contributed by atoms with Gasteiger partial charge in [0.25, 0.3) is 0 Å². The zero-order valence-electron chi connectivity index (χ0n) is 9.24. The van der Waals surface area contributed by atoms with E-state index in [0.29, 0.717) is 0 Å². The Hall–Kier alpha value is -1.09. The molecule has 0 aliphatic rings. The lowest BCUT2D eigenvalue weighted by atomic mass is 10.4. The molecular formula is C11H17NOSi. The highest BCUT2D eigenvalue weighted by Gasteiger charge is 2.33. The first-order valence-electron chi connectivity index (χ1n) is 4.73. The first kappa shape index (κ1) is 11.0. The van der Waals surface area contributed by atoms with Crippen LogP contribution in [-0.4, -0.2) is 32.6 Å². The normalized spacial score (nSPS) is 11.1. The summed E-state index contributed by atoms with van der Waals surface area (Å²) in [6.07, 6.45) is 0. The average Bonchev–Trinajstić information content (AvgIpc) is 2.18. The summed E-state index contributed by atoms with van der Waals surface area (Å²) in [6.45, 7) is 4.18. The van der Waals surface area contributed by atoms with E-state index in [-0.39, 0.29) is 5.53 Å². The minimum Gasteiger partial charge on any atom is -0.353 e. The summed E-state index contributed by atoms with van der Waals surface area (Å²) in [5, 5.41) is 1.19. The lowest BCUT2D eigenvalue weighted by Gasteiger charge is -2.25. The molecule has 0 saturated carbocycles. The van der Waals surface area contributed by atoms with Crippen LogP contribution < -0.4 is 5.19 Å². The summed E-state index contributed by atoms with van der Waals surface area (Å²) in [7, 11) is 1.68. The lowest BCUT2D eigenvalue weighted by Crippen LogP contribution is -2.54. The predicted octanol–water partition coefficient (Wildman–Crippen LogP) is 1.87. The van der Waals surface area contributed by atoms with Crippen LogP contribution in [0, 0.1) is 0 Å². The fourth-order valence-electron chi connectivity index (χ4n) is 1.54. The Labute approximate surface area is 86.6 Å². The number of benzene rings is 1. The molecule has 1 aromatic carbocycles. The lowest BCUT2D eigenvalue weighted by molar-refractivity contribution is 0.238. The molecular weight excluding hydrogens is 190 g/mol. The molecule has 3 heteroatoms. The van der Waals surface area contributed by atoms with Gasteiger partial charge in [-0.3, -0.25) is 4.79 Å². The fourth-order valence-corrected chi connectivity index (χ4v) is 3.93. The van der Waals surface area contributed by atoms with E-state index in [1.165, 1.54) is 5.19 Å². The monoisotopic (exact) mass is 207 g/mol. The van der Waals surface area contributed by atoms with Crippen LogP contribution >= 0.6 is 0 Å². The number of carbonyl (C=O) groups excluding carboxylic acids is 1. The number of carbonyl (C=O) groups is 1. The van der Waals surface area contributed by atoms with Crippen molar-refractivity contribution in [1.29, 1.82) is 0 Å². The van der Waals surface area contributed by atoms with Gasteiger partial charge in [0.15, 0.2) is 13.6 Å². The SMILES string of the molecule is CN(C)C(=O)[Si](C)(C)c1ccccc1. The Balaban J connectivity index is 3.02. The minimum absolute atomic E-state index is 0.267. The molecule has 0 aliphatic carbocycles. The molecule has 0 saturated heterocycles. The van der Waals surface area contributed by atoms with Gasteiger partial charge < -0.3 is 4.90 Å². The van der Waals surface area contributed by atoms with Crippen molar-refractivity contribution < 1.29 is 4.79 Å². The molecule has 2 nitrogen and oxygen atoms in total. The number of rotatable bonds is 2.